The number of rotatable bonds is 6. The van der Waals surface area contributed by atoms with Crippen LogP contribution in [-0.4, -0.2) is 11.6 Å². The maximum Gasteiger partial charge on any atom is 0.182 e. The first-order valence-corrected chi connectivity index (χ1v) is 7.51. The molecule has 0 amide bonds. The number of hydrogen-bond acceptors (Lipinski definition) is 4. The van der Waals surface area contributed by atoms with Crippen molar-refractivity contribution in [1.29, 1.82) is 0 Å². The van der Waals surface area contributed by atoms with E-state index in [2.05, 4.69) is 39.2 Å². The molecule has 96 valence electrons. The molecule has 3 nitrogen and oxygen atoms in total. The number of hydrogen-bond donors (Lipinski definition) is 1. The van der Waals surface area contributed by atoms with Gasteiger partial charge in [0.05, 0.1) is 6.61 Å². The first kappa shape index (κ1) is 13.4. The van der Waals surface area contributed by atoms with Gasteiger partial charge in [-0.15, -0.1) is 11.3 Å². The van der Waals surface area contributed by atoms with E-state index in [1.165, 1.54) is 0 Å². The molecule has 1 heterocycles. The summed E-state index contributed by atoms with van der Waals surface area (Å²) >= 11 is 5.08. The lowest BCUT2D eigenvalue weighted by atomic mass is 10.2. The molecule has 5 heteroatoms. The Morgan fingerprint density at radius 3 is 3.06 bits per heavy atom. The summed E-state index contributed by atoms with van der Waals surface area (Å²) in [6.45, 7) is 3.56. The molecule has 0 saturated heterocycles. The van der Waals surface area contributed by atoms with E-state index in [0.717, 1.165) is 33.9 Å². The molecule has 2 rings (SSSR count). The van der Waals surface area contributed by atoms with Gasteiger partial charge in [0, 0.05) is 28.2 Å². The summed E-state index contributed by atoms with van der Waals surface area (Å²) in [6, 6.07) is 6.07. The number of thiazole rings is 1. The van der Waals surface area contributed by atoms with Gasteiger partial charge < -0.3 is 10.1 Å². The minimum Gasteiger partial charge on any atom is -0.493 e. The second-order valence-electron chi connectivity index (χ2n) is 3.79. The molecule has 0 fully saturated rings. The average molecular weight is 327 g/mol. The minimum absolute atomic E-state index is 0.714. The highest BCUT2D eigenvalue weighted by molar-refractivity contribution is 9.10. The second kappa shape index (κ2) is 6.75. The number of aromatic nitrogens is 1. The van der Waals surface area contributed by atoms with E-state index >= 15 is 0 Å². The Bertz CT molecular complexity index is 488. The summed E-state index contributed by atoms with van der Waals surface area (Å²) in [5, 5.41) is 6.17. The average Bonchev–Trinajstić information content (AvgIpc) is 2.88. The van der Waals surface area contributed by atoms with Crippen LogP contribution in [0.15, 0.2) is 34.2 Å². The molecule has 0 saturated carbocycles. The van der Waals surface area contributed by atoms with Gasteiger partial charge in [-0.05, 0) is 24.6 Å². The van der Waals surface area contributed by atoms with E-state index in [4.69, 9.17) is 4.74 Å². The van der Waals surface area contributed by atoms with E-state index in [1.54, 1.807) is 17.5 Å². The van der Waals surface area contributed by atoms with Crippen molar-refractivity contribution in [2.75, 3.05) is 11.9 Å². The molecule has 0 aliphatic carbocycles. The highest BCUT2D eigenvalue weighted by Crippen LogP contribution is 2.24. The molecule has 18 heavy (non-hydrogen) atoms. The summed E-state index contributed by atoms with van der Waals surface area (Å²) in [4.78, 5) is 4.20. The third-order valence-electron chi connectivity index (χ3n) is 2.35. The van der Waals surface area contributed by atoms with Crippen LogP contribution < -0.4 is 10.1 Å². The molecule has 1 aromatic heterocycles. The zero-order valence-electron chi connectivity index (χ0n) is 10.1. The van der Waals surface area contributed by atoms with Crippen molar-refractivity contribution in [3.05, 3.63) is 39.8 Å². The van der Waals surface area contributed by atoms with Gasteiger partial charge in [0.25, 0.3) is 0 Å². The van der Waals surface area contributed by atoms with Crippen LogP contribution in [0.4, 0.5) is 5.13 Å². The summed E-state index contributed by atoms with van der Waals surface area (Å²) in [6.07, 6.45) is 2.80. The van der Waals surface area contributed by atoms with Gasteiger partial charge in [-0.2, -0.15) is 0 Å². The van der Waals surface area contributed by atoms with Crippen molar-refractivity contribution < 1.29 is 4.74 Å². The Balaban J connectivity index is 2.06. The Morgan fingerprint density at radius 1 is 1.44 bits per heavy atom. The van der Waals surface area contributed by atoms with E-state index in [9.17, 15) is 0 Å². The lowest BCUT2D eigenvalue weighted by molar-refractivity contribution is 0.314. The Kier molecular flexibility index (Phi) is 5.01. The molecule has 0 atom stereocenters. The maximum atomic E-state index is 5.73. The summed E-state index contributed by atoms with van der Waals surface area (Å²) in [5.74, 6) is 0.934. The van der Waals surface area contributed by atoms with Crippen molar-refractivity contribution in [3.63, 3.8) is 0 Å². The second-order valence-corrected chi connectivity index (χ2v) is 5.60. The minimum atomic E-state index is 0.714. The van der Waals surface area contributed by atoms with Crippen molar-refractivity contribution in [3.8, 4) is 5.75 Å². The molecular weight excluding hydrogens is 312 g/mol. The largest absolute Gasteiger partial charge is 0.493 e. The third-order valence-corrected chi connectivity index (χ3v) is 3.57. The van der Waals surface area contributed by atoms with Crippen molar-refractivity contribution in [2.45, 2.75) is 19.9 Å². The van der Waals surface area contributed by atoms with Crippen LogP contribution in [-0.2, 0) is 6.54 Å². The molecule has 0 aliphatic heterocycles. The summed E-state index contributed by atoms with van der Waals surface area (Å²) in [7, 11) is 0. The van der Waals surface area contributed by atoms with Crippen molar-refractivity contribution in [2.24, 2.45) is 0 Å². The van der Waals surface area contributed by atoms with E-state index in [1.807, 2.05) is 17.5 Å². The van der Waals surface area contributed by atoms with E-state index in [-0.39, 0.29) is 0 Å². The topological polar surface area (TPSA) is 34.1 Å². The number of anilines is 1. The normalized spacial score (nSPS) is 10.3. The number of ether oxygens (including phenoxy) is 1. The quantitative estimate of drug-likeness (QED) is 0.859. The van der Waals surface area contributed by atoms with Crippen LogP contribution in [0.3, 0.4) is 0 Å². The van der Waals surface area contributed by atoms with Crippen molar-refractivity contribution in [1.82, 2.24) is 4.98 Å². The van der Waals surface area contributed by atoms with Gasteiger partial charge in [-0.3, -0.25) is 0 Å². The van der Waals surface area contributed by atoms with Gasteiger partial charge in [0.1, 0.15) is 5.75 Å². The molecule has 0 bridgehead atoms. The number of nitrogens with one attached hydrogen (secondary N) is 1. The van der Waals surface area contributed by atoms with Crippen molar-refractivity contribution >= 4 is 32.4 Å². The highest BCUT2D eigenvalue weighted by Gasteiger charge is 2.05. The van der Waals surface area contributed by atoms with Gasteiger partial charge in [-0.25, -0.2) is 4.98 Å². The molecule has 0 unspecified atom stereocenters. The summed E-state index contributed by atoms with van der Waals surface area (Å²) < 4.78 is 6.79. The maximum absolute atomic E-state index is 5.73. The highest BCUT2D eigenvalue weighted by atomic mass is 79.9. The van der Waals surface area contributed by atoms with Crippen LogP contribution in [0.1, 0.15) is 18.9 Å². The fraction of sp³-hybridized carbons (Fsp3) is 0.308. The van der Waals surface area contributed by atoms with E-state index in [0.29, 0.717) is 6.54 Å². The number of halogens is 1. The van der Waals surface area contributed by atoms with Gasteiger partial charge in [0.15, 0.2) is 5.13 Å². The predicted octanol–water partition coefficient (Wildman–Crippen LogP) is 4.31. The molecule has 0 spiro atoms. The molecular formula is C13H15BrN2OS. The Morgan fingerprint density at radius 2 is 2.33 bits per heavy atom. The third kappa shape index (κ3) is 3.71. The lowest BCUT2D eigenvalue weighted by Gasteiger charge is -2.11. The fourth-order valence-electron chi connectivity index (χ4n) is 1.52. The SMILES string of the molecule is CCCOc1ccc(Br)cc1CNc1nccs1. The van der Waals surface area contributed by atoms with Crippen LogP contribution in [0, 0.1) is 0 Å². The zero-order chi connectivity index (χ0) is 12.8. The Labute approximate surface area is 119 Å². The zero-order valence-corrected chi connectivity index (χ0v) is 12.6. The van der Waals surface area contributed by atoms with Crippen LogP contribution in [0.2, 0.25) is 0 Å². The lowest BCUT2D eigenvalue weighted by Crippen LogP contribution is -2.04. The molecule has 2 aromatic rings. The van der Waals surface area contributed by atoms with Crippen LogP contribution in [0.5, 0.6) is 5.75 Å². The standard InChI is InChI=1S/C13H15BrN2OS/c1-2-6-17-12-4-3-11(14)8-10(12)9-16-13-15-5-7-18-13/h3-5,7-8H,2,6,9H2,1H3,(H,15,16). The Hall–Kier alpha value is -1.07. The predicted molar refractivity (Wildman–Crippen MR) is 79.4 cm³/mol. The number of nitrogens with zero attached hydrogens (tertiary/aromatic N) is 1. The molecule has 1 N–H and O–H groups in total. The first-order valence-electron chi connectivity index (χ1n) is 5.84. The summed E-state index contributed by atoms with van der Waals surface area (Å²) in [5.41, 5.74) is 1.13. The van der Waals surface area contributed by atoms with Gasteiger partial charge in [0.2, 0.25) is 0 Å². The first-order chi connectivity index (χ1) is 8.79. The smallest absolute Gasteiger partial charge is 0.182 e. The van der Waals surface area contributed by atoms with Gasteiger partial charge in [-0.1, -0.05) is 22.9 Å². The molecule has 0 radical (unpaired) electrons. The fourth-order valence-corrected chi connectivity index (χ4v) is 2.46. The van der Waals surface area contributed by atoms with Crippen LogP contribution >= 0.6 is 27.3 Å². The molecule has 0 aliphatic rings. The van der Waals surface area contributed by atoms with Gasteiger partial charge >= 0.3 is 0 Å². The molecule has 1 aromatic carbocycles. The number of benzene rings is 1. The monoisotopic (exact) mass is 326 g/mol. The van der Waals surface area contributed by atoms with E-state index < -0.39 is 0 Å². The van der Waals surface area contributed by atoms with Crippen LogP contribution in [0.25, 0.3) is 0 Å².